The molecule has 12 nitrogen and oxygen atoms in total. The van der Waals surface area contributed by atoms with Crippen LogP contribution in [0.5, 0.6) is 34.5 Å². The molecule has 0 saturated heterocycles. The van der Waals surface area contributed by atoms with Crippen LogP contribution in [-0.4, -0.2) is 75.9 Å². The van der Waals surface area contributed by atoms with Gasteiger partial charge in [-0.2, -0.15) is 0 Å². The number of carboxylic acid groups (broad SMARTS) is 3. The number of ether oxygens (including phenoxy) is 6. The number of carboxylic acids is 3. The first-order valence-electron chi connectivity index (χ1n) is 10.9. The van der Waals surface area contributed by atoms with Crippen molar-refractivity contribution in [2.24, 2.45) is 0 Å². The molecule has 0 spiro atoms. The van der Waals surface area contributed by atoms with Gasteiger partial charge >= 0.3 is 17.9 Å². The van der Waals surface area contributed by atoms with Gasteiger partial charge in [0, 0.05) is 38.2 Å². The molecule has 3 aromatic carbocycles. The predicted octanol–water partition coefficient (Wildman–Crippen LogP) is 4.21. The van der Waals surface area contributed by atoms with Crippen molar-refractivity contribution in [1.82, 2.24) is 0 Å². The number of hydrogen-bond acceptors (Lipinski definition) is 9. The molecular weight excluding hydrogens is 679 g/mol. The van der Waals surface area contributed by atoms with Gasteiger partial charge in [0.15, 0.2) is 34.5 Å². The quantitative estimate of drug-likeness (QED) is 0.290. The largest absolute Gasteiger partial charge is 0.493 e. The van der Waals surface area contributed by atoms with Crippen molar-refractivity contribution in [2.75, 3.05) is 42.7 Å². The summed E-state index contributed by atoms with van der Waals surface area (Å²) in [7, 11) is 8.88. The molecule has 220 valence electrons. The van der Waals surface area contributed by atoms with E-state index in [4.69, 9.17) is 43.7 Å². The molecule has 3 aromatic rings. The molecular formula is C27H30DyO12. The summed E-state index contributed by atoms with van der Waals surface area (Å²) in [5.74, 6) is -0.137. The first-order valence-corrected chi connectivity index (χ1v) is 10.9. The Kier molecular flexibility index (Phi) is 16.7. The number of aromatic carboxylic acids is 3. The Bertz CT molecular complexity index is 1120. The number of carbonyl (C=O) groups is 3. The summed E-state index contributed by atoms with van der Waals surface area (Å²) in [6.45, 7) is 0. The van der Waals surface area contributed by atoms with Crippen molar-refractivity contribution in [3.63, 3.8) is 0 Å². The van der Waals surface area contributed by atoms with Crippen LogP contribution in [0.3, 0.4) is 0 Å². The molecule has 0 bridgehead atoms. The second-order valence-corrected chi connectivity index (χ2v) is 7.12. The Balaban J connectivity index is 0.000000563. The molecule has 3 rings (SSSR count). The number of methoxy groups -OCH3 is 6. The third-order valence-electron chi connectivity index (χ3n) is 4.89. The van der Waals surface area contributed by atoms with Crippen molar-refractivity contribution in [3.8, 4) is 34.5 Å². The molecule has 0 radical (unpaired) electrons. The van der Waals surface area contributed by atoms with E-state index in [1.807, 2.05) is 0 Å². The zero-order valence-electron chi connectivity index (χ0n) is 22.5. The van der Waals surface area contributed by atoms with Crippen LogP contribution in [0.15, 0.2) is 54.6 Å². The molecule has 0 atom stereocenters. The minimum Gasteiger partial charge on any atom is -0.493 e. The number of benzene rings is 3. The number of rotatable bonds is 9. The van der Waals surface area contributed by atoms with E-state index in [9.17, 15) is 14.4 Å². The maximum atomic E-state index is 10.6. The van der Waals surface area contributed by atoms with Crippen LogP contribution in [0.2, 0.25) is 0 Å². The summed E-state index contributed by atoms with van der Waals surface area (Å²) in [4.78, 5) is 31.7. The first-order chi connectivity index (χ1) is 18.6. The topological polar surface area (TPSA) is 167 Å². The monoisotopic (exact) mass is 710 g/mol. The fourth-order valence-electron chi connectivity index (χ4n) is 2.91. The summed E-state index contributed by atoms with van der Waals surface area (Å²) in [5.41, 5.74) is 0.535. The molecule has 0 unspecified atom stereocenters. The van der Waals surface area contributed by atoms with Crippen LogP contribution in [-0.2, 0) is 0 Å². The zero-order valence-corrected chi connectivity index (χ0v) is 24.6. The molecule has 0 fully saturated rings. The summed E-state index contributed by atoms with van der Waals surface area (Å²) < 4.78 is 29.7. The molecule has 0 saturated carbocycles. The molecule has 0 aliphatic carbocycles. The Morgan fingerprint density at radius 3 is 0.775 bits per heavy atom. The van der Waals surface area contributed by atoms with E-state index >= 15 is 0 Å². The smallest absolute Gasteiger partial charge is 0.335 e. The predicted molar refractivity (Wildman–Crippen MR) is 140 cm³/mol. The zero-order chi connectivity index (χ0) is 29.5. The van der Waals surface area contributed by atoms with E-state index in [-0.39, 0.29) is 54.9 Å². The Morgan fingerprint density at radius 1 is 0.425 bits per heavy atom. The van der Waals surface area contributed by atoms with E-state index in [0.29, 0.717) is 34.5 Å². The third-order valence-corrected chi connectivity index (χ3v) is 4.89. The van der Waals surface area contributed by atoms with E-state index in [1.165, 1.54) is 79.1 Å². The van der Waals surface area contributed by atoms with Crippen molar-refractivity contribution in [3.05, 3.63) is 71.3 Å². The van der Waals surface area contributed by atoms with Crippen LogP contribution < -0.4 is 28.4 Å². The van der Waals surface area contributed by atoms with Crippen molar-refractivity contribution in [2.45, 2.75) is 0 Å². The van der Waals surface area contributed by atoms with Gasteiger partial charge in [0.25, 0.3) is 0 Å². The normalized spacial score (nSPS) is 9.15. The molecule has 0 aliphatic rings. The molecule has 0 heterocycles. The maximum Gasteiger partial charge on any atom is 0.335 e. The summed E-state index contributed by atoms with van der Waals surface area (Å²) >= 11 is 0. The Hall–Kier alpha value is -3.86. The fraction of sp³-hybridized carbons (Fsp3) is 0.222. The van der Waals surface area contributed by atoms with E-state index in [2.05, 4.69) is 0 Å². The average Bonchev–Trinajstić information content (AvgIpc) is 2.96. The third kappa shape index (κ3) is 10.7. The minimum atomic E-state index is -0.985. The van der Waals surface area contributed by atoms with Gasteiger partial charge in [0.1, 0.15) is 0 Å². The molecule has 13 heteroatoms. The average molecular weight is 709 g/mol. The van der Waals surface area contributed by atoms with Gasteiger partial charge in [-0.3, -0.25) is 0 Å². The minimum absolute atomic E-state index is 0. The molecule has 0 aliphatic heterocycles. The van der Waals surface area contributed by atoms with Crippen LogP contribution in [0.1, 0.15) is 31.1 Å². The van der Waals surface area contributed by atoms with Gasteiger partial charge < -0.3 is 43.7 Å². The molecule has 0 aromatic heterocycles. The Labute approximate surface area is 261 Å². The van der Waals surface area contributed by atoms with Gasteiger partial charge in [-0.25, -0.2) is 14.4 Å². The van der Waals surface area contributed by atoms with Crippen molar-refractivity contribution >= 4 is 17.9 Å². The van der Waals surface area contributed by atoms with Gasteiger partial charge in [-0.15, -0.1) is 0 Å². The van der Waals surface area contributed by atoms with Gasteiger partial charge in [-0.05, 0) is 54.6 Å². The van der Waals surface area contributed by atoms with Crippen molar-refractivity contribution < 1.29 is 96.3 Å². The first kappa shape index (κ1) is 36.1. The molecule has 3 N–H and O–H groups in total. The maximum absolute atomic E-state index is 10.6. The summed E-state index contributed by atoms with van der Waals surface area (Å²) in [6.07, 6.45) is 0. The summed E-state index contributed by atoms with van der Waals surface area (Å²) in [5, 5.41) is 26.0. The number of hydrogen-bond donors (Lipinski definition) is 3. The van der Waals surface area contributed by atoms with Crippen LogP contribution in [0, 0.1) is 38.2 Å². The van der Waals surface area contributed by atoms with Crippen LogP contribution >= 0.6 is 0 Å². The molecule has 40 heavy (non-hydrogen) atoms. The van der Waals surface area contributed by atoms with Gasteiger partial charge in [0.2, 0.25) is 0 Å². The van der Waals surface area contributed by atoms with E-state index in [0.717, 1.165) is 0 Å². The van der Waals surface area contributed by atoms with Crippen molar-refractivity contribution in [1.29, 1.82) is 0 Å². The Morgan fingerprint density at radius 2 is 0.625 bits per heavy atom. The van der Waals surface area contributed by atoms with Gasteiger partial charge in [-0.1, -0.05) is 0 Å². The summed E-state index contributed by atoms with van der Waals surface area (Å²) in [6, 6.07) is 13.3. The van der Waals surface area contributed by atoms with E-state index in [1.54, 1.807) is 18.2 Å². The van der Waals surface area contributed by atoms with Crippen LogP contribution in [0.25, 0.3) is 0 Å². The second-order valence-electron chi connectivity index (χ2n) is 7.12. The standard InChI is InChI=1S/3C9H10O4.Dy/c3*1-12-7-4-3-6(9(10)11)5-8(7)13-2;/h3*3-5H,1-2H3,(H,10,11);. The molecule has 0 amide bonds. The second kappa shape index (κ2) is 18.4. The van der Waals surface area contributed by atoms with Gasteiger partial charge in [0.05, 0.1) is 59.3 Å². The van der Waals surface area contributed by atoms with E-state index < -0.39 is 17.9 Å². The SMILES string of the molecule is COc1ccc(C(=O)O)cc1OC.COc1ccc(C(=O)O)cc1OC.COc1ccc(C(=O)O)cc1OC.[Dy]. The van der Waals surface area contributed by atoms with Crippen LogP contribution in [0.4, 0.5) is 0 Å². The fourth-order valence-corrected chi connectivity index (χ4v) is 2.91.